The molecule has 2 aromatic rings. The van der Waals surface area contributed by atoms with Gasteiger partial charge >= 0.3 is 5.97 Å². The Morgan fingerprint density at radius 3 is 2.52 bits per heavy atom. The first kappa shape index (κ1) is 14.6. The molecular formula is C15H13FN2O3. The van der Waals surface area contributed by atoms with Gasteiger partial charge in [0.15, 0.2) is 0 Å². The zero-order chi connectivity index (χ0) is 15.2. The molecule has 5 nitrogen and oxygen atoms in total. The van der Waals surface area contributed by atoms with Crippen LogP contribution in [0.5, 0.6) is 0 Å². The van der Waals surface area contributed by atoms with Gasteiger partial charge in [0.2, 0.25) is 0 Å². The van der Waals surface area contributed by atoms with Crippen LogP contribution in [0.15, 0.2) is 48.8 Å². The topological polar surface area (TPSA) is 79.3 Å². The van der Waals surface area contributed by atoms with Crippen LogP contribution in [0, 0.1) is 5.82 Å². The molecule has 1 unspecified atom stereocenters. The fourth-order valence-corrected chi connectivity index (χ4v) is 1.86. The molecule has 1 atom stereocenters. The van der Waals surface area contributed by atoms with Gasteiger partial charge in [0.1, 0.15) is 5.82 Å². The molecule has 2 N–H and O–H groups in total. The highest BCUT2D eigenvalue weighted by Gasteiger charge is 2.19. The van der Waals surface area contributed by atoms with E-state index in [0.717, 1.165) is 0 Å². The van der Waals surface area contributed by atoms with Crippen LogP contribution in [0.4, 0.5) is 4.39 Å². The van der Waals surface area contributed by atoms with Crippen LogP contribution in [-0.4, -0.2) is 22.0 Å². The average molecular weight is 288 g/mol. The number of aliphatic carboxylic acids is 1. The highest BCUT2D eigenvalue weighted by molar-refractivity contribution is 5.94. The van der Waals surface area contributed by atoms with Crippen molar-refractivity contribution in [1.29, 1.82) is 0 Å². The number of nitrogens with one attached hydrogen (secondary N) is 1. The second kappa shape index (κ2) is 6.60. The fourth-order valence-electron chi connectivity index (χ4n) is 1.86. The molecule has 6 heteroatoms. The highest BCUT2D eigenvalue weighted by atomic mass is 19.1. The minimum absolute atomic E-state index is 0.294. The molecule has 0 aliphatic heterocycles. The Morgan fingerprint density at radius 2 is 1.95 bits per heavy atom. The molecule has 0 aliphatic carbocycles. The lowest BCUT2D eigenvalue weighted by Gasteiger charge is -2.17. The van der Waals surface area contributed by atoms with Gasteiger partial charge in [-0.2, -0.15) is 0 Å². The van der Waals surface area contributed by atoms with E-state index in [9.17, 15) is 14.0 Å². The van der Waals surface area contributed by atoms with Crippen LogP contribution >= 0.6 is 0 Å². The van der Waals surface area contributed by atoms with Crippen LogP contribution in [0.2, 0.25) is 0 Å². The summed E-state index contributed by atoms with van der Waals surface area (Å²) < 4.78 is 12.9. The summed E-state index contributed by atoms with van der Waals surface area (Å²) in [5.41, 5.74) is 0.853. The molecule has 0 fully saturated rings. The van der Waals surface area contributed by atoms with Gasteiger partial charge in [-0.3, -0.25) is 14.6 Å². The minimum Gasteiger partial charge on any atom is -0.481 e. The van der Waals surface area contributed by atoms with Crippen LogP contribution in [0.25, 0.3) is 0 Å². The number of carboxylic acid groups (broad SMARTS) is 1. The number of hydrogen-bond donors (Lipinski definition) is 2. The van der Waals surface area contributed by atoms with E-state index in [1.165, 1.54) is 36.7 Å². The van der Waals surface area contributed by atoms with Crippen LogP contribution < -0.4 is 5.32 Å². The number of rotatable bonds is 5. The van der Waals surface area contributed by atoms with E-state index < -0.39 is 23.7 Å². The molecule has 1 heterocycles. The minimum atomic E-state index is -1.06. The van der Waals surface area contributed by atoms with Crippen molar-refractivity contribution in [2.24, 2.45) is 0 Å². The van der Waals surface area contributed by atoms with E-state index >= 15 is 0 Å². The lowest BCUT2D eigenvalue weighted by Crippen LogP contribution is -2.30. The van der Waals surface area contributed by atoms with Gasteiger partial charge in [0.05, 0.1) is 18.0 Å². The quantitative estimate of drug-likeness (QED) is 0.883. The molecule has 0 radical (unpaired) electrons. The standard InChI is InChI=1S/C15H13FN2O3/c16-12-5-3-10(4-6-12)13(8-14(19)20)18-15(21)11-2-1-7-17-9-11/h1-7,9,13H,8H2,(H,18,21)(H,19,20). The molecule has 1 amide bonds. The second-order valence-electron chi connectivity index (χ2n) is 4.42. The lowest BCUT2D eigenvalue weighted by atomic mass is 10.0. The van der Waals surface area contributed by atoms with Crippen molar-refractivity contribution in [1.82, 2.24) is 10.3 Å². The third kappa shape index (κ3) is 4.10. The van der Waals surface area contributed by atoms with Crippen molar-refractivity contribution < 1.29 is 19.1 Å². The van der Waals surface area contributed by atoms with Crippen molar-refractivity contribution in [3.63, 3.8) is 0 Å². The molecule has 0 aliphatic rings. The number of carboxylic acids is 1. The molecule has 0 spiro atoms. The summed E-state index contributed by atoms with van der Waals surface area (Å²) in [5.74, 6) is -1.92. The summed E-state index contributed by atoms with van der Waals surface area (Å²) in [6, 6.07) is 7.79. The van der Waals surface area contributed by atoms with Crippen molar-refractivity contribution in [2.45, 2.75) is 12.5 Å². The monoisotopic (exact) mass is 288 g/mol. The van der Waals surface area contributed by atoms with Gasteiger partial charge in [-0.05, 0) is 29.8 Å². The van der Waals surface area contributed by atoms with Gasteiger partial charge in [-0.15, -0.1) is 0 Å². The number of pyridine rings is 1. The number of nitrogens with zero attached hydrogens (tertiary/aromatic N) is 1. The molecular weight excluding hydrogens is 275 g/mol. The van der Waals surface area contributed by atoms with Crippen LogP contribution in [-0.2, 0) is 4.79 Å². The Balaban J connectivity index is 2.18. The smallest absolute Gasteiger partial charge is 0.305 e. The Labute approximate surface area is 120 Å². The SMILES string of the molecule is O=C(O)CC(NC(=O)c1cccnc1)c1ccc(F)cc1. The van der Waals surface area contributed by atoms with Gasteiger partial charge in [-0.25, -0.2) is 4.39 Å². The maximum absolute atomic E-state index is 12.9. The number of aromatic nitrogens is 1. The van der Waals surface area contributed by atoms with E-state index in [-0.39, 0.29) is 6.42 Å². The first-order chi connectivity index (χ1) is 10.1. The van der Waals surface area contributed by atoms with Crippen molar-refractivity contribution in [3.05, 3.63) is 65.7 Å². The number of amides is 1. The molecule has 1 aromatic carbocycles. The van der Waals surface area contributed by atoms with Gasteiger partial charge in [0, 0.05) is 12.4 Å². The molecule has 21 heavy (non-hydrogen) atoms. The number of hydrogen-bond acceptors (Lipinski definition) is 3. The molecule has 2 rings (SSSR count). The highest BCUT2D eigenvalue weighted by Crippen LogP contribution is 2.18. The predicted octanol–water partition coefficient (Wildman–Crippen LogP) is 2.17. The zero-order valence-corrected chi connectivity index (χ0v) is 11.0. The second-order valence-corrected chi connectivity index (χ2v) is 4.42. The molecule has 0 saturated heterocycles. The summed E-state index contributed by atoms with van der Waals surface area (Å²) in [6.45, 7) is 0. The summed E-state index contributed by atoms with van der Waals surface area (Å²) in [6.07, 6.45) is 2.63. The third-order valence-electron chi connectivity index (χ3n) is 2.88. The van der Waals surface area contributed by atoms with Gasteiger partial charge in [-0.1, -0.05) is 12.1 Å². The zero-order valence-electron chi connectivity index (χ0n) is 11.0. The molecule has 1 aromatic heterocycles. The maximum Gasteiger partial charge on any atom is 0.305 e. The van der Waals surface area contributed by atoms with Gasteiger partial charge in [0.25, 0.3) is 5.91 Å². The maximum atomic E-state index is 12.9. The van der Waals surface area contributed by atoms with E-state index in [4.69, 9.17) is 5.11 Å². The summed E-state index contributed by atoms with van der Waals surface area (Å²) in [5, 5.41) is 11.6. The van der Waals surface area contributed by atoms with Crippen molar-refractivity contribution in [3.8, 4) is 0 Å². The third-order valence-corrected chi connectivity index (χ3v) is 2.88. The van der Waals surface area contributed by atoms with Crippen LogP contribution in [0.1, 0.15) is 28.4 Å². The lowest BCUT2D eigenvalue weighted by molar-refractivity contribution is -0.137. The predicted molar refractivity (Wildman–Crippen MR) is 73.1 cm³/mol. The number of carbonyl (C=O) groups excluding carboxylic acids is 1. The Bertz CT molecular complexity index is 629. The Morgan fingerprint density at radius 1 is 1.24 bits per heavy atom. The molecule has 0 bridgehead atoms. The number of benzene rings is 1. The Hall–Kier alpha value is -2.76. The van der Waals surface area contributed by atoms with Crippen molar-refractivity contribution >= 4 is 11.9 Å². The largest absolute Gasteiger partial charge is 0.481 e. The van der Waals surface area contributed by atoms with Crippen molar-refractivity contribution in [2.75, 3.05) is 0 Å². The summed E-state index contributed by atoms with van der Waals surface area (Å²) in [7, 11) is 0. The molecule has 108 valence electrons. The Kier molecular flexibility index (Phi) is 4.61. The fraction of sp³-hybridized carbons (Fsp3) is 0.133. The van der Waals surface area contributed by atoms with E-state index in [1.54, 1.807) is 12.1 Å². The average Bonchev–Trinajstić information content (AvgIpc) is 2.48. The van der Waals surface area contributed by atoms with Crippen LogP contribution in [0.3, 0.4) is 0 Å². The summed E-state index contributed by atoms with van der Waals surface area (Å²) in [4.78, 5) is 26.8. The first-order valence-corrected chi connectivity index (χ1v) is 6.24. The van der Waals surface area contributed by atoms with Gasteiger partial charge < -0.3 is 10.4 Å². The first-order valence-electron chi connectivity index (χ1n) is 6.24. The number of halogens is 1. The van der Waals surface area contributed by atoms with E-state index in [2.05, 4.69) is 10.3 Å². The summed E-state index contributed by atoms with van der Waals surface area (Å²) >= 11 is 0. The van der Waals surface area contributed by atoms with E-state index in [0.29, 0.717) is 11.1 Å². The molecule has 0 saturated carbocycles. The number of carbonyl (C=O) groups is 2. The normalized spacial score (nSPS) is 11.7. The van der Waals surface area contributed by atoms with E-state index in [1.807, 2.05) is 0 Å².